The molecule has 0 aromatic heterocycles. The van der Waals surface area contributed by atoms with E-state index in [1.54, 1.807) is 0 Å². The SMILES string of the molecule is CC12C=NC3=CC=C(CC45C=NC6=CC=CC=C(C=N4)C65C)C=C(N=C1)C32C. The van der Waals surface area contributed by atoms with Crippen LogP contribution in [0, 0.1) is 16.2 Å². The van der Waals surface area contributed by atoms with E-state index in [4.69, 9.17) is 20.0 Å². The average Bonchev–Trinajstić information content (AvgIpc) is 3.17. The first-order valence-electron chi connectivity index (χ1n) is 9.85. The lowest BCUT2D eigenvalue weighted by Gasteiger charge is -2.36. The molecule has 4 unspecified atom stereocenters. The van der Waals surface area contributed by atoms with Gasteiger partial charge in [0, 0.05) is 31.3 Å². The molecule has 4 heterocycles. The Morgan fingerprint density at radius 3 is 2.32 bits per heavy atom. The highest BCUT2D eigenvalue weighted by Gasteiger charge is 2.59. The van der Waals surface area contributed by atoms with Gasteiger partial charge in [-0.2, -0.15) is 0 Å². The highest BCUT2D eigenvalue weighted by molar-refractivity contribution is 5.98. The van der Waals surface area contributed by atoms with Crippen LogP contribution in [0.4, 0.5) is 0 Å². The van der Waals surface area contributed by atoms with Crippen molar-refractivity contribution in [2.75, 3.05) is 0 Å². The number of nitrogens with zero attached hydrogens (tertiary/aromatic N) is 4. The number of aliphatic imine (C=N–C) groups is 4. The lowest BCUT2D eigenvalue weighted by atomic mass is 9.66. The molecular weight excluding hydrogens is 344 g/mol. The average molecular weight is 366 g/mol. The van der Waals surface area contributed by atoms with Gasteiger partial charge < -0.3 is 0 Å². The van der Waals surface area contributed by atoms with Crippen molar-refractivity contribution in [1.82, 2.24) is 0 Å². The molecule has 0 aromatic rings. The van der Waals surface area contributed by atoms with Crippen LogP contribution in [0.5, 0.6) is 0 Å². The fourth-order valence-corrected chi connectivity index (χ4v) is 5.39. The molecule has 138 valence electrons. The summed E-state index contributed by atoms with van der Waals surface area (Å²) in [5.74, 6) is 0. The Morgan fingerprint density at radius 2 is 1.46 bits per heavy atom. The van der Waals surface area contributed by atoms with Crippen molar-refractivity contribution in [3.8, 4) is 0 Å². The fourth-order valence-electron chi connectivity index (χ4n) is 5.39. The van der Waals surface area contributed by atoms with Crippen LogP contribution >= 0.6 is 0 Å². The van der Waals surface area contributed by atoms with Gasteiger partial charge in [-0.1, -0.05) is 24.3 Å². The second-order valence-corrected chi connectivity index (χ2v) is 9.05. The third-order valence-corrected chi connectivity index (χ3v) is 7.74. The highest BCUT2D eigenvalue weighted by Crippen LogP contribution is 2.59. The van der Waals surface area contributed by atoms with E-state index in [1.165, 1.54) is 11.1 Å². The first-order valence-corrected chi connectivity index (χ1v) is 9.85. The first-order chi connectivity index (χ1) is 13.4. The van der Waals surface area contributed by atoms with Crippen molar-refractivity contribution in [2.24, 2.45) is 36.2 Å². The van der Waals surface area contributed by atoms with Gasteiger partial charge in [-0.05, 0) is 50.1 Å². The summed E-state index contributed by atoms with van der Waals surface area (Å²) in [6.45, 7) is 6.74. The molecule has 4 aliphatic heterocycles. The molecule has 2 aliphatic carbocycles. The van der Waals surface area contributed by atoms with Crippen LogP contribution in [0.25, 0.3) is 0 Å². The van der Waals surface area contributed by atoms with Gasteiger partial charge in [-0.15, -0.1) is 0 Å². The molecule has 6 rings (SSSR count). The van der Waals surface area contributed by atoms with Crippen LogP contribution in [0.3, 0.4) is 0 Å². The maximum absolute atomic E-state index is 5.00. The summed E-state index contributed by atoms with van der Waals surface area (Å²) in [6, 6.07) is 0. The van der Waals surface area contributed by atoms with Crippen LogP contribution in [0.2, 0.25) is 0 Å². The van der Waals surface area contributed by atoms with Crippen LogP contribution in [0.1, 0.15) is 27.2 Å². The van der Waals surface area contributed by atoms with Crippen molar-refractivity contribution in [3.05, 3.63) is 70.8 Å². The second kappa shape index (κ2) is 4.75. The normalized spacial score (nSPS) is 43.2. The van der Waals surface area contributed by atoms with Crippen molar-refractivity contribution in [3.63, 3.8) is 0 Å². The number of hydrogen-bond donors (Lipinski definition) is 0. The summed E-state index contributed by atoms with van der Waals surface area (Å²) in [4.78, 5) is 19.3. The minimum atomic E-state index is -0.382. The maximum Gasteiger partial charge on any atom is 0.115 e. The van der Waals surface area contributed by atoms with Gasteiger partial charge in [0.15, 0.2) is 0 Å². The molecule has 4 nitrogen and oxygen atoms in total. The predicted molar refractivity (Wildman–Crippen MR) is 115 cm³/mol. The lowest BCUT2D eigenvalue weighted by Crippen LogP contribution is -2.41. The van der Waals surface area contributed by atoms with Gasteiger partial charge in [-0.25, -0.2) is 0 Å². The molecule has 4 atom stereocenters. The Labute approximate surface area is 165 Å². The van der Waals surface area contributed by atoms with E-state index in [2.05, 4.69) is 75.7 Å². The van der Waals surface area contributed by atoms with Gasteiger partial charge >= 0.3 is 0 Å². The minimum Gasteiger partial charge on any atom is -0.279 e. The topological polar surface area (TPSA) is 49.4 Å². The molecule has 0 amide bonds. The lowest BCUT2D eigenvalue weighted by molar-refractivity contribution is 0.362. The Morgan fingerprint density at radius 1 is 0.750 bits per heavy atom. The van der Waals surface area contributed by atoms with E-state index in [-0.39, 0.29) is 21.8 Å². The van der Waals surface area contributed by atoms with Crippen LogP contribution < -0.4 is 0 Å². The molecule has 4 heteroatoms. The molecule has 0 aromatic carbocycles. The molecule has 28 heavy (non-hydrogen) atoms. The third-order valence-electron chi connectivity index (χ3n) is 7.74. The summed E-state index contributed by atoms with van der Waals surface area (Å²) in [5, 5.41) is 0. The van der Waals surface area contributed by atoms with Gasteiger partial charge in [-0.3, -0.25) is 20.0 Å². The first kappa shape index (κ1) is 16.1. The van der Waals surface area contributed by atoms with Gasteiger partial charge in [0.1, 0.15) is 5.54 Å². The molecule has 0 fully saturated rings. The summed E-state index contributed by atoms with van der Waals surface area (Å²) < 4.78 is 0. The van der Waals surface area contributed by atoms with Gasteiger partial charge in [0.05, 0.1) is 33.3 Å². The van der Waals surface area contributed by atoms with Crippen molar-refractivity contribution < 1.29 is 0 Å². The van der Waals surface area contributed by atoms with E-state index in [1.807, 2.05) is 12.4 Å². The summed E-state index contributed by atoms with van der Waals surface area (Å²) in [7, 11) is 0. The second-order valence-electron chi connectivity index (χ2n) is 9.05. The zero-order chi connectivity index (χ0) is 19.2. The van der Waals surface area contributed by atoms with Gasteiger partial charge in [0.2, 0.25) is 0 Å². The van der Waals surface area contributed by atoms with Crippen LogP contribution in [0.15, 0.2) is 90.7 Å². The quantitative estimate of drug-likeness (QED) is 0.688. The highest BCUT2D eigenvalue weighted by atomic mass is 15.0. The van der Waals surface area contributed by atoms with Crippen molar-refractivity contribution in [1.29, 1.82) is 0 Å². The molecule has 0 saturated carbocycles. The van der Waals surface area contributed by atoms with E-state index < -0.39 is 0 Å². The smallest absolute Gasteiger partial charge is 0.115 e. The van der Waals surface area contributed by atoms with E-state index in [9.17, 15) is 0 Å². The van der Waals surface area contributed by atoms with Gasteiger partial charge in [0.25, 0.3) is 0 Å². The minimum absolute atomic E-state index is 0.142. The summed E-state index contributed by atoms with van der Waals surface area (Å²) in [5.41, 5.74) is 4.79. The largest absolute Gasteiger partial charge is 0.279 e. The van der Waals surface area contributed by atoms with E-state index in [0.717, 1.165) is 23.5 Å². The molecule has 0 spiro atoms. The molecule has 6 aliphatic rings. The van der Waals surface area contributed by atoms with E-state index >= 15 is 0 Å². The number of hydrogen-bond acceptors (Lipinski definition) is 4. The standard InChI is InChI=1S/C24H22N4/c1-21-13-25-19-9-8-16(10-20(26-14-21)23(19,21)3)11-24-15-27-18-7-5-4-6-17(12-28-24)22(18,24)2/h4-10,12-15H,11H2,1-3H3. The fraction of sp³-hybridized carbons (Fsp3) is 0.333. The zero-order valence-electron chi connectivity index (χ0n) is 16.3. The summed E-state index contributed by atoms with van der Waals surface area (Å²) in [6.07, 6.45) is 24.0. The van der Waals surface area contributed by atoms with E-state index in [0.29, 0.717) is 0 Å². The molecule has 0 N–H and O–H groups in total. The van der Waals surface area contributed by atoms with Crippen LogP contribution in [-0.2, 0) is 0 Å². The predicted octanol–water partition coefficient (Wildman–Crippen LogP) is 4.56. The molecular formula is C24H22N4. The van der Waals surface area contributed by atoms with Crippen LogP contribution in [-0.4, -0.2) is 30.4 Å². The Bertz CT molecular complexity index is 1100. The maximum atomic E-state index is 5.00. The summed E-state index contributed by atoms with van der Waals surface area (Å²) >= 11 is 0. The monoisotopic (exact) mass is 366 g/mol. The molecule has 0 bridgehead atoms. The Kier molecular flexibility index (Phi) is 2.73. The number of allylic oxidation sites excluding steroid dienone is 7. The molecule has 0 radical (unpaired) electrons. The Hall–Kier alpha value is -2.88. The number of rotatable bonds is 2. The zero-order valence-corrected chi connectivity index (χ0v) is 16.3. The molecule has 0 saturated heterocycles. The Balaban J connectivity index is 1.45. The third kappa shape index (κ3) is 1.60. The van der Waals surface area contributed by atoms with Crippen molar-refractivity contribution in [2.45, 2.75) is 32.7 Å². The van der Waals surface area contributed by atoms with Crippen molar-refractivity contribution >= 4 is 24.9 Å².